The number of rotatable bonds is 2. The van der Waals surface area contributed by atoms with Crippen LogP contribution in [0.25, 0.3) is 0 Å². The van der Waals surface area contributed by atoms with Crippen LogP contribution < -0.4 is 17.2 Å². The molecule has 66 valence electrons. The van der Waals surface area contributed by atoms with E-state index in [9.17, 15) is 14.4 Å². The topological polar surface area (TPSA) is 131 Å². The van der Waals surface area contributed by atoms with E-state index in [-0.39, 0.29) is 4.74 Å². The van der Waals surface area contributed by atoms with Crippen molar-refractivity contribution in [1.82, 2.24) is 9.72 Å². The third kappa shape index (κ3) is 1.27. The molecule has 0 aromatic carbocycles. The van der Waals surface area contributed by atoms with Gasteiger partial charge in [0.15, 0.2) is 0 Å². The van der Waals surface area contributed by atoms with Gasteiger partial charge in [0.2, 0.25) is 6.17 Å². The Morgan fingerprint density at radius 1 is 1.67 bits per heavy atom. The number of aromatic nitrogens is 2. The second-order valence-corrected chi connectivity index (χ2v) is 1.92. The van der Waals surface area contributed by atoms with Crippen molar-refractivity contribution in [3.8, 4) is 0 Å². The van der Waals surface area contributed by atoms with Gasteiger partial charge in [-0.15, -0.1) is 4.74 Å². The largest absolute Gasteiger partial charge is 0.479 e. The van der Waals surface area contributed by atoms with Crippen molar-refractivity contribution in [2.75, 3.05) is 0 Å². The van der Waals surface area contributed by atoms with Crippen LogP contribution in [0.3, 0.4) is 0 Å². The van der Waals surface area contributed by atoms with E-state index in [0.29, 0.717) is 0 Å². The SMILES string of the molecule is N[C@H](C(=O)O)n1oc(=O)[nH]c1=O. The fraction of sp³-hybridized carbons (Fsp3) is 0.250. The Morgan fingerprint density at radius 3 is 2.58 bits per heavy atom. The molecular weight excluding hydrogens is 170 g/mol. The second kappa shape index (κ2) is 2.66. The zero-order valence-electron chi connectivity index (χ0n) is 5.68. The first-order valence-corrected chi connectivity index (χ1v) is 2.83. The highest BCUT2D eigenvalue weighted by Crippen LogP contribution is 1.89. The van der Waals surface area contributed by atoms with E-state index in [1.807, 2.05) is 0 Å². The summed E-state index contributed by atoms with van der Waals surface area (Å²) in [4.78, 5) is 32.9. The predicted octanol–water partition coefficient (Wildman–Crippen LogP) is -2.33. The fourth-order valence-corrected chi connectivity index (χ4v) is 0.579. The van der Waals surface area contributed by atoms with Crippen LogP contribution in [0.1, 0.15) is 6.17 Å². The van der Waals surface area contributed by atoms with Gasteiger partial charge in [0.05, 0.1) is 0 Å². The summed E-state index contributed by atoms with van der Waals surface area (Å²) in [5.74, 6) is -2.52. The number of nitrogens with two attached hydrogens (primary N) is 1. The Hall–Kier alpha value is -1.83. The van der Waals surface area contributed by atoms with Gasteiger partial charge in [-0.05, 0) is 0 Å². The predicted molar refractivity (Wildman–Crippen MR) is 34.4 cm³/mol. The van der Waals surface area contributed by atoms with Crippen LogP contribution in [0.15, 0.2) is 14.1 Å². The molecule has 0 fully saturated rings. The van der Waals surface area contributed by atoms with Crippen molar-refractivity contribution in [1.29, 1.82) is 0 Å². The monoisotopic (exact) mass is 175 g/mol. The molecule has 0 bridgehead atoms. The van der Waals surface area contributed by atoms with Crippen LogP contribution >= 0.6 is 0 Å². The number of carbonyl (C=O) groups is 1. The number of H-pyrrole nitrogens is 1. The minimum absolute atomic E-state index is 0.241. The average Bonchev–Trinajstić information content (AvgIpc) is 2.28. The lowest BCUT2D eigenvalue weighted by Crippen LogP contribution is -2.33. The van der Waals surface area contributed by atoms with E-state index >= 15 is 0 Å². The van der Waals surface area contributed by atoms with Gasteiger partial charge in [-0.2, -0.15) is 0 Å². The van der Waals surface area contributed by atoms with E-state index in [1.165, 1.54) is 0 Å². The summed E-state index contributed by atoms with van der Waals surface area (Å²) in [6.07, 6.45) is -1.68. The smallest absolute Gasteiger partial charge is 0.440 e. The molecule has 0 saturated heterocycles. The standard InChI is InChI=1S/C4H5N3O5/c5-1(2(8)9)7-3(10)6-4(11)12-7/h1H,5H2,(H,8,9)(H,6,10,11)/t1-/m0/s1. The lowest BCUT2D eigenvalue weighted by molar-refractivity contribution is -0.142. The molecule has 4 N–H and O–H groups in total. The van der Waals surface area contributed by atoms with Crippen molar-refractivity contribution in [3.63, 3.8) is 0 Å². The molecule has 1 rings (SSSR count). The number of nitrogens with zero attached hydrogens (tertiary/aromatic N) is 1. The number of aliphatic carboxylic acids is 1. The molecule has 0 radical (unpaired) electrons. The Labute approximate surface area is 64.2 Å². The molecule has 0 amide bonds. The second-order valence-electron chi connectivity index (χ2n) is 1.92. The van der Waals surface area contributed by atoms with Crippen LogP contribution in [0.2, 0.25) is 0 Å². The van der Waals surface area contributed by atoms with E-state index in [2.05, 4.69) is 4.52 Å². The van der Waals surface area contributed by atoms with Crippen LogP contribution in [-0.4, -0.2) is 20.8 Å². The number of nitrogens with one attached hydrogen (secondary N) is 1. The molecule has 1 heterocycles. The molecule has 1 aromatic heterocycles. The van der Waals surface area contributed by atoms with E-state index in [4.69, 9.17) is 10.8 Å². The first-order valence-electron chi connectivity index (χ1n) is 2.83. The summed E-state index contributed by atoms with van der Waals surface area (Å²) in [7, 11) is 0. The molecule has 0 aliphatic heterocycles. The summed E-state index contributed by atoms with van der Waals surface area (Å²) in [6, 6.07) is 0. The number of carboxylic acids is 1. The molecule has 1 aromatic rings. The van der Waals surface area contributed by atoms with Crippen molar-refractivity contribution in [3.05, 3.63) is 21.0 Å². The average molecular weight is 175 g/mol. The van der Waals surface area contributed by atoms with Crippen LogP contribution in [0.4, 0.5) is 0 Å². The molecule has 0 saturated carbocycles. The molecule has 0 aliphatic carbocycles. The number of aromatic amines is 1. The Morgan fingerprint density at radius 2 is 2.25 bits per heavy atom. The normalized spacial score (nSPS) is 12.8. The summed E-state index contributed by atoms with van der Waals surface area (Å²) in [5.41, 5.74) is 3.97. The number of hydrogen-bond acceptors (Lipinski definition) is 5. The molecule has 12 heavy (non-hydrogen) atoms. The van der Waals surface area contributed by atoms with Gasteiger partial charge in [0, 0.05) is 0 Å². The Kier molecular flexibility index (Phi) is 1.83. The fourth-order valence-electron chi connectivity index (χ4n) is 0.579. The minimum Gasteiger partial charge on any atom is -0.479 e. The lowest BCUT2D eigenvalue weighted by atomic mass is 10.5. The maximum atomic E-state index is 10.7. The summed E-state index contributed by atoms with van der Waals surface area (Å²) in [5, 5.41) is 8.31. The Bertz CT molecular complexity index is 397. The van der Waals surface area contributed by atoms with Crippen LogP contribution in [0, 0.1) is 0 Å². The molecule has 8 heteroatoms. The van der Waals surface area contributed by atoms with Crippen LogP contribution in [-0.2, 0) is 4.79 Å². The van der Waals surface area contributed by atoms with Crippen molar-refractivity contribution >= 4 is 5.97 Å². The summed E-state index contributed by atoms with van der Waals surface area (Å²) >= 11 is 0. The summed E-state index contributed by atoms with van der Waals surface area (Å²) < 4.78 is 4.37. The van der Waals surface area contributed by atoms with Gasteiger partial charge in [0.1, 0.15) is 0 Å². The zero-order chi connectivity index (χ0) is 9.30. The minimum atomic E-state index is -1.68. The zero-order valence-corrected chi connectivity index (χ0v) is 5.68. The highest BCUT2D eigenvalue weighted by Gasteiger charge is 2.18. The molecule has 8 nitrogen and oxygen atoms in total. The van der Waals surface area contributed by atoms with E-state index in [1.54, 1.807) is 4.98 Å². The van der Waals surface area contributed by atoms with E-state index in [0.717, 1.165) is 0 Å². The highest BCUT2D eigenvalue weighted by atomic mass is 16.5. The maximum Gasteiger partial charge on any atom is 0.440 e. The maximum absolute atomic E-state index is 10.7. The molecule has 0 spiro atoms. The van der Waals surface area contributed by atoms with Crippen LogP contribution in [0.5, 0.6) is 0 Å². The van der Waals surface area contributed by atoms with Crippen molar-refractivity contribution in [2.24, 2.45) is 5.73 Å². The quantitative estimate of drug-likeness (QED) is 0.462. The molecule has 0 unspecified atom stereocenters. The number of carboxylic acid groups (broad SMARTS) is 1. The third-order valence-electron chi connectivity index (χ3n) is 1.10. The lowest BCUT2D eigenvalue weighted by Gasteiger charge is -2.01. The van der Waals surface area contributed by atoms with Gasteiger partial charge < -0.3 is 9.63 Å². The van der Waals surface area contributed by atoms with Crippen molar-refractivity contribution < 1.29 is 14.4 Å². The van der Waals surface area contributed by atoms with Crippen molar-refractivity contribution in [2.45, 2.75) is 6.17 Å². The molecule has 0 aliphatic rings. The van der Waals surface area contributed by atoms with Gasteiger partial charge >= 0.3 is 17.4 Å². The van der Waals surface area contributed by atoms with Gasteiger partial charge in [0.25, 0.3) is 0 Å². The number of hydrogen-bond donors (Lipinski definition) is 3. The first-order chi connectivity index (χ1) is 5.52. The molecule has 1 atom stereocenters. The highest BCUT2D eigenvalue weighted by molar-refractivity contribution is 5.70. The van der Waals surface area contributed by atoms with Gasteiger partial charge in [-0.1, -0.05) is 0 Å². The van der Waals surface area contributed by atoms with Gasteiger partial charge in [-0.3, -0.25) is 5.73 Å². The van der Waals surface area contributed by atoms with E-state index < -0.39 is 23.6 Å². The summed E-state index contributed by atoms with van der Waals surface area (Å²) in [6.45, 7) is 0. The Balaban J connectivity index is 3.19. The van der Waals surface area contributed by atoms with Gasteiger partial charge in [-0.25, -0.2) is 19.4 Å². The molecular formula is C4H5N3O5. The first kappa shape index (κ1) is 8.27. The third-order valence-corrected chi connectivity index (χ3v) is 1.10.